The van der Waals surface area contributed by atoms with Crippen LogP contribution >= 0.6 is 0 Å². The normalized spacial score (nSPS) is 52.8. The molecule has 4 aliphatic carbocycles. The molecule has 3 unspecified atom stereocenters. The first-order valence-electron chi connectivity index (χ1n) is 11.7. The van der Waals surface area contributed by atoms with Crippen molar-refractivity contribution in [2.75, 3.05) is 0 Å². The van der Waals surface area contributed by atoms with E-state index in [0.717, 1.165) is 23.7 Å². The van der Waals surface area contributed by atoms with Gasteiger partial charge in [0.05, 0.1) is 0 Å². The van der Waals surface area contributed by atoms with Gasteiger partial charge in [-0.2, -0.15) is 0 Å². The van der Waals surface area contributed by atoms with Crippen molar-refractivity contribution in [3.63, 3.8) is 0 Å². The van der Waals surface area contributed by atoms with E-state index in [9.17, 15) is 4.79 Å². The Bertz CT molecular complexity index is 538. The summed E-state index contributed by atoms with van der Waals surface area (Å²) in [6.45, 7) is 16.1. The molecule has 0 aromatic carbocycles. The molecule has 1 heteroatoms. The van der Waals surface area contributed by atoms with Gasteiger partial charge >= 0.3 is 0 Å². The topological polar surface area (TPSA) is 17.1 Å². The van der Waals surface area contributed by atoms with E-state index in [1.807, 2.05) is 20.8 Å². The van der Waals surface area contributed by atoms with Crippen LogP contribution in [0.3, 0.4) is 0 Å². The first-order valence-corrected chi connectivity index (χ1v) is 11.7. The first kappa shape index (κ1) is 20.4. The number of hydrogen-bond acceptors (Lipinski definition) is 1. The Kier molecular flexibility index (Phi) is 5.44. The van der Waals surface area contributed by atoms with E-state index in [-0.39, 0.29) is 0 Å². The van der Waals surface area contributed by atoms with E-state index in [4.69, 9.17) is 0 Å². The van der Waals surface area contributed by atoms with Crippen LogP contribution < -0.4 is 0 Å². The first-order chi connectivity index (χ1) is 12.2. The molecule has 0 N–H and O–H groups in total. The summed E-state index contributed by atoms with van der Waals surface area (Å²) in [6.07, 6.45) is 12.4. The van der Waals surface area contributed by atoms with E-state index in [0.29, 0.717) is 27.9 Å². The lowest BCUT2D eigenvalue weighted by Crippen LogP contribution is -2.57. The average molecular weight is 361 g/mol. The number of carbonyl (C=O) groups excluding carboxylic acids is 1. The van der Waals surface area contributed by atoms with Crippen molar-refractivity contribution in [2.45, 2.75) is 106 Å². The summed E-state index contributed by atoms with van der Waals surface area (Å²) in [6, 6.07) is 0. The number of carbonyl (C=O) groups is 1. The molecule has 150 valence electrons. The van der Waals surface area contributed by atoms with Crippen LogP contribution in [0.25, 0.3) is 0 Å². The van der Waals surface area contributed by atoms with Crippen LogP contribution in [0.1, 0.15) is 106 Å². The summed E-state index contributed by atoms with van der Waals surface area (Å²) in [4.78, 5) is 12.2. The molecule has 4 aliphatic rings. The largest absolute Gasteiger partial charge is 0.300 e. The van der Waals surface area contributed by atoms with E-state index >= 15 is 0 Å². The highest BCUT2D eigenvalue weighted by molar-refractivity contribution is 5.79. The minimum Gasteiger partial charge on any atom is -0.300 e. The molecule has 4 rings (SSSR count). The van der Waals surface area contributed by atoms with Gasteiger partial charge in [0.25, 0.3) is 0 Å². The summed E-state index contributed by atoms with van der Waals surface area (Å²) in [5, 5.41) is 0. The summed E-state index contributed by atoms with van der Waals surface area (Å²) >= 11 is 0. The van der Waals surface area contributed by atoms with Crippen molar-refractivity contribution in [3.8, 4) is 0 Å². The molecule has 0 amide bonds. The molecule has 0 aromatic heterocycles. The Morgan fingerprint density at radius 3 is 2.19 bits per heavy atom. The van der Waals surface area contributed by atoms with Crippen molar-refractivity contribution in [2.24, 2.45) is 45.8 Å². The number of rotatable bonds is 1. The van der Waals surface area contributed by atoms with Crippen LogP contribution in [-0.2, 0) is 4.79 Å². The highest BCUT2D eigenvalue weighted by Gasteiger charge is 2.63. The molecule has 4 fully saturated rings. The van der Waals surface area contributed by atoms with Crippen molar-refractivity contribution in [1.82, 2.24) is 0 Å². The van der Waals surface area contributed by atoms with E-state index in [2.05, 4.69) is 27.7 Å². The van der Waals surface area contributed by atoms with Gasteiger partial charge in [0.2, 0.25) is 0 Å². The third-order valence-electron chi connectivity index (χ3n) is 10.1. The average Bonchev–Trinajstić information content (AvgIpc) is 2.95. The fourth-order valence-corrected chi connectivity index (χ4v) is 8.61. The Hall–Kier alpha value is -0.330. The molecule has 0 aromatic rings. The van der Waals surface area contributed by atoms with Gasteiger partial charge in [0.15, 0.2) is 0 Å². The summed E-state index contributed by atoms with van der Waals surface area (Å²) in [5.41, 5.74) is 1.44. The molecule has 0 heterocycles. The maximum absolute atomic E-state index is 12.2. The van der Waals surface area contributed by atoms with Gasteiger partial charge in [-0.3, -0.25) is 4.79 Å². The maximum Gasteiger partial charge on any atom is 0.133 e. The molecule has 0 radical (unpaired) electrons. The Labute approximate surface area is 163 Å². The lowest BCUT2D eigenvalue weighted by molar-refractivity contribution is -0.162. The minimum absolute atomic E-state index is 0.319. The molecule has 8 atom stereocenters. The van der Waals surface area contributed by atoms with Gasteiger partial charge in [0, 0.05) is 5.92 Å². The number of ketones is 1. The monoisotopic (exact) mass is 360 g/mol. The summed E-state index contributed by atoms with van der Waals surface area (Å²) in [7, 11) is 0. The second-order valence-corrected chi connectivity index (χ2v) is 11.0. The van der Waals surface area contributed by atoms with E-state index in [1.165, 1.54) is 57.8 Å². The molecular formula is C25H44O. The van der Waals surface area contributed by atoms with Crippen LogP contribution in [0.5, 0.6) is 0 Å². The quantitative estimate of drug-likeness (QED) is 0.480. The van der Waals surface area contributed by atoms with Crippen molar-refractivity contribution < 1.29 is 4.79 Å². The lowest BCUT2D eigenvalue weighted by Gasteiger charge is -2.65. The molecular weight excluding hydrogens is 316 g/mol. The van der Waals surface area contributed by atoms with Gasteiger partial charge in [-0.05, 0) is 98.2 Å². The van der Waals surface area contributed by atoms with Crippen LogP contribution in [0.4, 0.5) is 0 Å². The number of fused-ring (bicyclic) bond motifs is 5. The van der Waals surface area contributed by atoms with Gasteiger partial charge in [-0.15, -0.1) is 0 Å². The SMILES string of the molecule is CC.CC(=O)[C@H]1CCC2C3CC[C@@]4(C)C[C@@H](C)CC[C@]4(C)C3CC[C@@]21C. The Morgan fingerprint density at radius 2 is 1.54 bits per heavy atom. The smallest absolute Gasteiger partial charge is 0.133 e. The highest BCUT2D eigenvalue weighted by Crippen LogP contribution is 2.71. The second kappa shape index (κ2) is 6.93. The molecule has 26 heavy (non-hydrogen) atoms. The number of hydrogen-bond donors (Lipinski definition) is 0. The van der Waals surface area contributed by atoms with Gasteiger partial charge in [-0.1, -0.05) is 48.0 Å². The maximum atomic E-state index is 12.2. The fraction of sp³-hybridized carbons (Fsp3) is 0.960. The van der Waals surface area contributed by atoms with Crippen LogP contribution in [0.2, 0.25) is 0 Å². The third-order valence-corrected chi connectivity index (χ3v) is 10.1. The zero-order valence-electron chi connectivity index (χ0n) is 18.7. The summed E-state index contributed by atoms with van der Waals surface area (Å²) in [5.74, 6) is 4.40. The minimum atomic E-state index is 0.319. The zero-order valence-corrected chi connectivity index (χ0v) is 18.7. The Balaban J connectivity index is 0.000000948. The zero-order chi connectivity index (χ0) is 19.3. The second-order valence-electron chi connectivity index (χ2n) is 11.0. The van der Waals surface area contributed by atoms with Gasteiger partial charge in [0.1, 0.15) is 5.78 Å². The molecule has 4 saturated carbocycles. The number of Topliss-reactive ketones (excluding diaryl/α,β-unsaturated/α-hetero) is 1. The molecule has 0 spiro atoms. The van der Waals surface area contributed by atoms with Gasteiger partial charge in [-0.25, -0.2) is 0 Å². The van der Waals surface area contributed by atoms with Crippen LogP contribution in [0, 0.1) is 45.8 Å². The molecule has 0 bridgehead atoms. The van der Waals surface area contributed by atoms with Crippen molar-refractivity contribution in [3.05, 3.63) is 0 Å². The standard InChI is InChI=1S/C23H38O.C2H6/c1-15-8-13-23(5)20-10-12-22(4)18(16(2)24)6-7-19(22)17(20)9-11-21(23,3)14-15;1-2/h15,17-20H,6-14H2,1-5H3;1-2H3/t15-,17?,18+,19?,20?,21-,22+,23+;/m0./s1. The lowest BCUT2D eigenvalue weighted by atomic mass is 9.40. The van der Waals surface area contributed by atoms with Crippen molar-refractivity contribution in [1.29, 1.82) is 0 Å². The predicted molar refractivity (Wildman–Crippen MR) is 111 cm³/mol. The van der Waals surface area contributed by atoms with Crippen molar-refractivity contribution >= 4 is 5.78 Å². The van der Waals surface area contributed by atoms with E-state index < -0.39 is 0 Å². The Morgan fingerprint density at radius 1 is 0.846 bits per heavy atom. The molecule has 0 aliphatic heterocycles. The van der Waals surface area contributed by atoms with Crippen LogP contribution in [0.15, 0.2) is 0 Å². The molecule has 1 nitrogen and oxygen atoms in total. The van der Waals surface area contributed by atoms with E-state index in [1.54, 1.807) is 0 Å². The van der Waals surface area contributed by atoms with Crippen LogP contribution in [-0.4, -0.2) is 5.78 Å². The molecule has 0 saturated heterocycles. The van der Waals surface area contributed by atoms with Gasteiger partial charge < -0.3 is 0 Å². The predicted octanol–water partition coefficient (Wildman–Crippen LogP) is 7.29. The third kappa shape index (κ3) is 2.74. The summed E-state index contributed by atoms with van der Waals surface area (Å²) < 4.78 is 0. The highest BCUT2D eigenvalue weighted by atomic mass is 16.1. The fourth-order valence-electron chi connectivity index (χ4n) is 8.61.